The van der Waals surface area contributed by atoms with Gasteiger partial charge in [-0.15, -0.1) is 11.3 Å². The van der Waals surface area contributed by atoms with E-state index in [1.807, 2.05) is 45.2 Å². The van der Waals surface area contributed by atoms with Gasteiger partial charge in [0, 0.05) is 19.5 Å². The van der Waals surface area contributed by atoms with Crippen LogP contribution in [0.15, 0.2) is 36.4 Å². The van der Waals surface area contributed by atoms with Crippen molar-refractivity contribution in [1.82, 2.24) is 0 Å². The molecule has 2 N–H and O–H groups in total. The molecule has 0 bridgehead atoms. The lowest BCUT2D eigenvalue weighted by molar-refractivity contribution is 0.0944. The number of Topliss-reactive ketones (excluding diaryl/α,β-unsaturated/α-hetero) is 1. The fourth-order valence-corrected chi connectivity index (χ4v) is 3.10. The Balaban J connectivity index is 2.17. The number of hydrogen-bond donors (Lipinski definition) is 1. The number of benzene rings is 1. The minimum Gasteiger partial charge on any atom is -0.397 e. The molecule has 0 spiro atoms. The molecule has 20 heavy (non-hydrogen) atoms. The van der Waals surface area contributed by atoms with Gasteiger partial charge in [-0.05, 0) is 11.6 Å². The number of carbonyl (C=O) groups excluding carboxylic acids is 1. The van der Waals surface area contributed by atoms with E-state index in [9.17, 15) is 4.79 Å². The van der Waals surface area contributed by atoms with Crippen LogP contribution in [0.1, 0.15) is 29.1 Å². The molecule has 2 aromatic rings. The van der Waals surface area contributed by atoms with Crippen LogP contribution in [0.4, 0.5) is 10.7 Å². The first-order valence-corrected chi connectivity index (χ1v) is 7.49. The molecule has 0 atom stereocenters. The lowest BCUT2D eigenvalue weighted by atomic mass is 10.1. The van der Waals surface area contributed by atoms with Gasteiger partial charge >= 0.3 is 0 Å². The SMILES string of the molecule is CC(C)C(=O)c1sc(N(C)Cc2ccccc2)cc1N. The number of thiophene rings is 1. The molecule has 0 saturated heterocycles. The van der Waals surface area contributed by atoms with E-state index in [1.54, 1.807) is 0 Å². The zero-order valence-electron chi connectivity index (χ0n) is 12.1. The molecule has 4 heteroatoms. The Hall–Kier alpha value is -1.81. The van der Waals surface area contributed by atoms with Gasteiger partial charge in [0.15, 0.2) is 5.78 Å². The summed E-state index contributed by atoms with van der Waals surface area (Å²) in [4.78, 5) is 14.9. The van der Waals surface area contributed by atoms with Crippen LogP contribution in [0.25, 0.3) is 0 Å². The molecule has 0 unspecified atom stereocenters. The van der Waals surface area contributed by atoms with E-state index in [4.69, 9.17) is 5.73 Å². The first-order valence-electron chi connectivity index (χ1n) is 6.67. The van der Waals surface area contributed by atoms with Crippen LogP contribution in [0, 0.1) is 5.92 Å². The van der Waals surface area contributed by atoms with Crippen molar-refractivity contribution in [3.8, 4) is 0 Å². The normalized spacial score (nSPS) is 10.8. The molecule has 0 fully saturated rings. The van der Waals surface area contributed by atoms with Gasteiger partial charge in [-0.1, -0.05) is 44.2 Å². The standard InChI is InChI=1S/C16H20N2OS/c1-11(2)15(19)16-13(17)9-14(20-16)18(3)10-12-7-5-4-6-8-12/h4-9,11H,10,17H2,1-3H3. The number of nitrogens with zero attached hydrogens (tertiary/aromatic N) is 1. The maximum Gasteiger partial charge on any atom is 0.177 e. The summed E-state index contributed by atoms with van der Waals surface area (Å²) in [5, 5.41) is 1.02. The third-order valence-electron chi connectivity index (χ3n) is 3.13. The average molecular weight is 288 g/mol. The van der Waals surface area contributed by atoms with Crippen molar-refractivity contribution in [2.75, 3.05) is 17.7 Å². The minimum absolute atomic E-state index is 0.0248. The molecule has 0 aliphatic carbocycles. The lowest BCUT2D eigenvalue weighted by Crippen LogP contribution is -2.14. The molecule has 1 aromatic carbocycles. The van der Waals surface area contributed by atoms with Crippen molar-refractivity contribution in [3.63, 3.8) is 0 Å². The number of rotatable bonds is 5. The predicted octanol–water partition coefficient (Wildman–Crippen LogP) is 3.81. The van der Waals surface area contributed by atoms with E-state index in [1.165, 1.54) is 16.9 Å². The third kappa shape index (κ3) is 3.20. The topological polar surface area (TPSA) is 46.3 Å². The Morgan fingerprint density at radius 2 is 1.95 bits per heavy atom. The van der Waals surface area contributed by atoms with Crippen LogP contribution in [-0.4, -0.2) is 12.8 Å². The molecule has 3 nitrogen and oxygen atoms in total. The van der Waals surface area contributed by atoms with E-state index in [-0.39, 0.29) is 11.7 Å². The molecule has 0 radical (unpaired) electrons. The number of ketones is 1. The van der Waals surface area contributed by atoms with Crippen molar-refractivity contribution in [2.24, 2.45) is 5.92 Å². The zero-order valence-corrected chi connectivity index (χ0v) is 12.9. The molecule has 106 valence electrons. The van der Waals surface area contributed by atoms with Crippen molar-refractivity contribution < 1.29 is 4.79 Å². The van der Waals surface area contributed by atoms with E-state index in [0.29, 0.717) is 10.6 Å². The maximum absolute atomic E-state index is 12.1. The fraction of sp³-hybridized carbons (Fsp3) is 0.312. The number of hydrogen-bond acceptors (Lipinski definition) is 4. The second-order valence-electron chi connectivity index (χ2n) is 5.23. The number of nitrogen functional groups attached to an aromatic ring is 1. The van der Waals surface area contributed by atoms with Gasteiger partial charge < -0.3 is 10.6 Å². The molecule has 0 aliphatic heterocycles. The van der Waals surface area contributed by atoms with Gasteiger partial charge in [0.05, 0.1) is 15.6 Å². The summed E-state index contributed by atoms with van der Waals surface area (Å²) < 4.78 is 0. The molecule has 0 saturated carbocycles. The molecular formula is C16H20N2OS. The number of carbonyl (C=O) groups is 1. The first-order chi connectivity index (χ1) is 9.49. The summed E-state index contributed by atoms with van der Waals surface area (Å²) in [6.45, 7) is 4.60. The summed E-state index contributed by atoms with van der Waals surface area (Å²) in [7, 11) is 2.02. The monoisotopic (exact) mass is 288 g/mol. The third-order valence-corrected chi connectivity index (χ3v) is 4.41. The van der Waals surface area contributed by atoms with Crippen molar-refractivity contribution in [2.45, 2.75) is 20.4 Å². The summed E-state index contributed by atoms with van der Waals surface area (Å²) in [5.74, 6) is 0.0927. The average Bonchev–Trinajstić information content (AvgIpc) is 2.81. The molecule has 1 aromatic heterocycles. The van der Waals surface area contributed by atoms with Crippen LogP contribution < -0.4 is 10.6 Å². The van der Waals surface area contributed by atoms with Crippen LogP contribution in [0.5, 0.6) is 0 Å². The van der Waals surface area contributed by atoms with Crippen LogP contribution in [0.3, 0.4) is 0 Å². The summed E-state index contributed by atoms with van der Waals surface area (Å²) in [5.41, 5.74) is 7.80. The largest absolute Gasteiger partial charge is 0.397 e. The first kappa shape index (κ1) is 14.6. The van der Waals surface area contributed by atoms with Gasteiger partial charge in [-0.2, -0.15) is 0 Å². The highest BCUT2D eigenvalue weighted by Crippen LogP contribution is 2.33. The van der Waals surface area contributed by atoms with Gasteiger partial charge in [-0.3, -0.25) is 4.79 Å². The number of anilines is 2. The quantitative estimate of drug-likeness (QED) is 0.851. The van der Waals surface area contributed by atoms with Gasteiger partial charge in [-0.25, -0.2) is 0 Å². The van der Waals surface area contributed by atoms with E-state index in [0.717, 1.165) is 11.5 Å². The summed E-state index contributed by atoms with van der Waals surface area (Å²) >= 11 is 1.47. The smallest absolute Gasteiger partial charge is 0.177 e. The minimum atomic E-state index is -0.0248. The highest BCUT2D eigenvalue weighted by atomic mass is 32.1. The molecular weight excluding hydrogens is 268 g/mol. The Labute approximate surface area is 124 Å². The van der Waals surface area contributed by atoms with E-state index in [2.05, 4.69) is 17.0 Å². The highest BCUT2D eigenvalue weighted by Gasteiger charge is 2.18. The van der Waals surface area contributed by atoms with Crippen molar-refractivity contribution in [3.05, 3.63) is 46.8 Å². The van der Waals surface area contributed by atoms with Crippen molar-refractivity contribution in [1.29, 1.82) is 0 Å². The van der Waals surface area contributed by atoms with Gasteiger partial charge in [0.2, 0.25) is 0 Å². The van der Waals surface area contributed by atoms with E-state index >= 15 is 0 Å². The van der Waals surface area contributed by atoms with Crippen LogP contribution in [-0.2, 0) is 6.54 Å². The van der Waals surface area contributed by atoms with Crippen LogP contribution >= 0.6 is 11.3 Å². The Kier molecular flexibility index (Phi) is 4.45. The van der Waals surface area contributed by atoms with E-state index < -0.39 is 0 Å². The van der Waals surface area contributed by atoms with Gasteiger partial charge in [0.1, 0.15) is 0 Å². The summed E-state index contributed by atoms with van der Waals surface area (Å²) in [6.07, 6.45) is 0. The van der Waals surface area contributed by atoms with Crippen LogP contribution in [0.2, 0.25) is 0 Å². The van der Waals surface area contributed by atoms with Gasteiger partial charge in [0.25, 0.3) is 0 Å². The zero-order chi connectivity index (χ0) is 14.7. The number of nitrogens with two attached hydrogens (primary N) is 1. The lowest BCUT2D eigenvalue weighted by Gasteiger charge is -2.16. The highest BCUT2D eigenvalue weighted by molar-refractivity contribution is 7.18. The Morgan fingerprint density at radius 1 is 1.30 bits per heavy atom. The fourth-order valence-electron chi connectivity index (χ4n) is 1.97. The Bertz CT molecular complexity index is 590. The second-order valence-corrected chi connectivity index (χ2v) is 6.26. The second kappa shape index (κ2) is 6.09. The molecule has 0 amide bonds. The predicted molar refractivity (Wildman–Crippen MR) is 86.4 cm³/mol. The maximum atomic E-state index is 12.1. The summed E-state index contributed by atoms with van der Waals surface area (Å²) in [6, 6.07) is 12.1. The molecule has 0 aliphatic rings. The Morgan fingerprint density at radius 3 is 2.55 bits per heavy atom. The van der Waals surface area contributed by atoms with Crippen molar-refractivity contribution >= 4 is 27.8 Å². The molecule has 2 rings (SSSR count). The molecule has 1 heterocycles.